The zero-order valence-electron chi connectivity index (χ0n) is 21.1. The number of aromatic nitrogens is 1. The van der Waals surface area contributed by atoms with Gasteiger partial charge in [0.15, 0.2) is 0 Å². The van der Waals surface area contributed by atoms with E-state index >= 15 is 0 Å². The standard InChI is InChI=1S/C28H26N4O5S/c1-16-12-20-25(31-22-8-5-9-23-19(22)10-11-37-23)21(27(29)33)15-30-26(20)24(13-16)38(35,36)18-7-4-6-17(14-18)28(34)32(2)3/h4-9,12-15H,10-11H2,1-3H3,(H2,29,33)(H,30,31). The quantitative estimate of drug-likeness (QED) is 0.387. The highest BCUT2D eigenvalue weighted by atomic mass is 32.2. The van der Waals surface area contributed by atoms with E-state index in [9.17, 15) is 18.0 Å². The number of nitrogens with zero attached hydrogens (tertiary/aromatic N) is 2. The van der Waals surface area contributed by atoms with Gasteiger partial charge in [-0.1, -0.05) is 12.1 Å². The molecule has 0 unspecified atom stereocenters. The molecule has 9 nitrogen and oxygen atoms in total. The summed E-state index contributed by atoms with van der Waals surface area (Å²) < 4.78 is 33.5. The van der Waals surface area contributed by atoms with Gasteiger partial charge >= 0.3 is 0 Å². The summed E-state index contributed by atoms with van der Waals surface area (Å²) in [5, 5.41) is 3.74. The first-order valence-electron chi connectivity index (χ1n) is 11.9. The van der Waals surface area contributed by atoms with Crippen LogP contribution in [0.2, 0.25) is 0 Å². The maximum Gasteiger partial charge on any atom is 0.253 e. The van der Waals surface area contributed by atoms with Crippen molar-refractivity contribution < 1.29 is 22.7 Å². The number of fused-ring (bicyclic) bond motifs is 2. The average Bonchev–Trinajstić information content (AvgIpc) is 3.38. The van der Waals surface area contributed by atoms with Gasteiger partial charge < -0.3 is 20.7 Å². The molecule has 5 rings (SSSR count). The number of sulfone groups is 1. The van der Waals surface area contributed by atoms with Gasteiger partial charge in [-0.15, -0.1) is 0 Å². The number of rotatable bonds is 6. The zero-order valence-corrected chi connectivity index (χ0v) is 21.9. The van der Waals surface area contributed by atoms with E-state index in [1.165, 1.54) is 35.4 Å². The lowest BCUT2D eigenvalue weighted by Gasteiger charge is -2.17. The molecule has 1 aromatic heterocycles. The second-order valence-corrected chi connectivity index (χ2v) is 11.2. The van der Waals surface area contributed by atoms with Crippen molar-refractivity contribution in [2.45, 2.75) is 23.1 Å². The summed E-state index contributed by atoms with van der Waals surface area (Å²) in [6.45, 7) is 2.31. The minimum atomic E-state index is -4.10. The fourth-order valence-corrected chi connectivity index (χ4v) is 6.14. The number of carbonyl (C=O) groups excluding carboxylic acids is 2. The number of ether oxygens (including phenoxy) is 1. The van der Waals surface area contributed by atoms with E-state index in [0.717, 1.165) is 17.0 Å². The number of anilines is 2. The van der Waals surface area contributed by atoms with Crippen molar-refractivity contribution in [2.24, 2.45) is 5.73 Å². The van der Waals surface area contributed by atoms with E-state index in [1.54, 1.807) is 33.2 Å². The number of nitrogens with two attached hydrogens (primary N) is 1. The lowest BCUT2D eigenvalue weighted by Crippen LogP contribution is -2.21. The maximum absolute atomic E-state index is 13.9. The molecule has 0 atom stereocenters. The van der Waals surface area contributed by atoms with E-state index in [0.29, 0.717) is 29.7 Å². The van der Waals surface area contributed by atoms with Crippen LogP contribution in [0, 0.1) is 6.92 Å². The van der Waals surface area contributed by atoms with E-state index in [1.807, 2.05) is 18.2 Å². The topological polar surface area (TPSA) is 132 Å². The summed E-state index contributed by atoms with van der Waals surface area (Å²) in [7, 11) is -0.904. The third kappa shape index (κ3) is 4.32. The molecule has 0 aliphatic carbocycles. The van der Waals surface area contributed by atoms with Crippen LogP contribution in [0.1, 0.15) is 31.8 Å². The fraction of sp³-hybridized carbons (Fsp3) is 0.179. The number of amides is 2. The van der Waals surface area contributed by atoms with Crippen molar-refractivity contribution in [3.63, 3.8) is 0 Å². The molecule has 1 aliphatic rings. The molecule has 0 saturated carbocycles. The van der Waals surface area contributed by atoms with Crippen molar-refractivity contribution in [1.29, 1.82) is 0 Å². The largest absolute Gasteiger partial charge is 0.493 e. The van der Waals surface area contributed by atoms with E-state index in [2.05, 4.69) is 10.3 Å². The maximum atomic E-state index is 13.9. The van der Waals surface area contributed by atoms with Gasteiger partial charge in [-0.2, -0.15) is 0 Å². The molecule has 194 valence electrons. The molecule has 0 bridgehead atoms. The lowest BCUT2D eigenvalue weighted by atomic mass is 10.0. The third-order valence-electron chi connectivity index (χ3n) is 6.44. The molecule has 3 aromatic carbocycles. The average molecular weight is 531 g/mol. The fourth-order valence-electron chi connectivity index (χ4n) is 4.59. The number of nitrogens with one attached hydrogen (secondary N) is 1. The first-order chi connectivity index (χ1) is 18.1. The third-order valence-corrected chi connectivity index (χ3v) is 8.20. The Labute approximate surface area is 220 Å². The van der Waals surface area contributed by atoms with Crippen molar-refractivity contribution in [3.05, 3.63) is 83.0 Å². The number of hydrogen-bond donors (Lipinski definition) is 2. The number of pyridine rings is 1. The molecule has 2 amide bonds. The van der Waals surface area contributed by atoms with Crippen LogP contribution >= 0.6 is 0 Å². The van der Waals surface area contributed by atoms with Gasteiger partial charge in [0.1, 0.15) is 5.75 Å². The minimum Gasteiger partial charge on any atom is -0.493 e. The van der Waals surface area contributed by atoms with Crippen LogP contribution in [-0.2, 0) is 16.3 Å². The number of benzene rings is 3. The van der Waals surface area contributed by atoms with Crippen molar-refractivity contribution >= 4 is 43.9 Å². The predicted molar refractivity (Wildman–Crippen MR) is 144 cm³/mol. The summed E-state index contributed by atoms with van der Waals surface area (Å²) in [4.78, 5) is 30.6. The highest BCUT2D eigenvalue weighted by molar-refractivity contribution is 7.91. The number of primary amides is 1. The van der Waals surface area contributed by atoms with Crippen LogP contribution in [0.4, 0.5) is 11.4 Å². The zero-order chi connectivity index (χ0) is 27.2. The van der Waals surface area contributed by atoms with Gasteiger partial charge in [-0.05, 0) is 55.0 Å². The number of carbonyl (C=O) groups is 2. The Bertz CT molecular complexity index is 1730. The summed E-state index contributed by atoms with van der Waals surface area (Å²) in [5.74, 6) is -0.265. The Balaban J connectivity index is 1.72. The van der Waals surface area contributed by atoms with E-state index < -0.39 is 15.7 Å². The Hall–Kier alpha value is -4.44. The smallest absolute Gasteiger partial charge is 0.253 e. The first-order valence-corrected chi connectivity index (χ1v) is 13.4. The molecule has 2 heterocycles. The summed E-state index contributed by atoms with van der Waals surface area (Å²) in [5.41, 5.74) is 8.94. The van der Waals surface area contributed by atoms with Crippen molar-refractivity contribution in [3.8, 4) is 5.75 Å². The molecule has 38 heavy (non-hydrogen) atoms. The molecule has 10 heteroatoms. The van der Waals surface area contributed by atoms with E-state index in [-0.39, 0.29) is 32.3 Å². The Morgan fingerprint density at radius 1 is 1.08 bits per heavy atom. The van der Waals surface area contributed by atoms with Gasteiger partial charge in [0.2, 0.25) is 9.84 Å². The van der Waals surface area contributed by atoms with Crippen molar-refractivity contribution in [1.82, 2.24) is 9.88 Å². The highest BCUT2D eigenvalue weighted by Crippen LogP contribution is 2.38. The number of aryl methyl sites for hydroxylation is 1. The summed E-state index contributed by atoms with van der Waals surface area (Å²) in [6, 6.07) is 14.8. The number of hydrogen-bond acceptors (Lipinski definition) is 7. The van der Waals surface area contributed by atoms with Crippen LogP contribution < -0.4 is 15.8 Å². The predicted octanol–water partition coefficient (Wildman–Crippen LogP) is 3.86. The molecule has 0 radical (unpaired) electrons. The van der Waals surface area contributed by atoms with Gasteiger partial charge in [-0.3, -0.25) is 14.6 Å². The SMILES string of the molecule is Cc1cc(S(=O)(=O)c2cccc(C(=O)N(C)C)c2)c2ncc(C(N)=O)c(Nc3cccc4c3CCO4)c2c1. The second kappa shape index (κ2) is 9.46. The second-order valence-electron chi connectivity index (χ2n) is 9.31. The van der Waals surface area contributed by atoms with Gasteiger partial charge in [-0.25, -0.2) is 8.42 Å². The van der Waals surface area contributed by atoms with Gasteiger partial charge in [0.05, 0.1) is 33.2 Å². The molecule has 3 N–H and O–H groups in total. The van der Waals surface area contributed by atoms with Crippen LogP contribution in [0.15, 0.2) is 70.6 Å². The van der Waals surface area contributed by atoms with E-state index in [4.69, 9.17) is 10.5 Å². The summed E-state index contributed by atoms with van der Waals surface area (Å²) >= 11 is 0. The van der Waals surface area contributed by atoms with Crippen molar-refractivity contribution in [2.75, 3.05) is 26.0 Å². The first kappa shape index (κ1) is 25.2. The Morgan fingerprint density at radius 3 is 2.58 bits per heavy atom. The lowest BCUT2D eigenvalue weighted by molar-refractivity contribution is 0.0827. The molecular weight excluding hydrogens is 504 g/mol. The Morgan fingerprint density at radius 2 is 1.84 bits per heavy atom. The van der Waals surface area contributed by atoms with Crippen LogP contribution in [0.5, 0.6) is 5.75 Å². The summed E-state index contributed by atoms with van der Waals surface area (Å²) in [6.07, 6.45) is 1.97. The molecule has 1 aliphatic heterocycles. The normalized spacial score (nSPS) is 12.6. The monoisotopic (exact) mass is 530 g/mol. The molecular formula is C28H26N4O5S. The minimum absolute atomic E-state index is 0.0367. The molecule has 0 fully saturated rings. The van der Waals surface area contributed by atoms with Crippen LogP contribution in [0.25, 0.3) is 10.9 Å². The highest BCUT2D eigenvalue weighted by Gasteiger charge is 2.26. The Kier molecular flexibility index (Phi) is 6.28. The van der Waals surface area contributed by atoms with Crippen LogP contribution in [0.3, 0.4) is 0 Å². The molecule has 4 aromatic rings. The molecule has 0 spiro atoms. The van der Waals surface area contributed by atoms with Crippen LogP contribution in [-0.4, -0.2) is 50.8 Å². The molecule has 0 saturated heterocycles. The van der Waals surface area contributed by atoms with Gasteiger partial charge in [0.25, 0.3) is 11.8 Å². The van der Waals surface area contributed by atoms with Gasteiger partial charge in [0, 0.05) is 48.9 Å².